The van der Waals surface area contributed by atoms with E-state index in [1.54, 1.807) is 54.8 Å². The quantitative estimate of drug-likeness (QED) is 0.526. The van der Waals surface area contributed by atoms with E-state index in [1.165, 1.54) is 0 Å². The Kier molecular flexibility index (Phi) is 6.80. The molecule has 0 aliphatic carbocycles. The maximum atomic E-state index is 11.9. The Morgan fingerprint density at radius 2 is 1.96 bits per heavy atom. The number of aliphatic imine (C=N–C) groups is 1. The molecule has 26 heavy (non-hydrogen) atoms. The van der Waals surface area contributed by atoms with Crippen LogP contribution in [-0.4, -0.2) is 20.4 Å². The van der Waals surface area contributed by atoms with Crippen LogP contribution in [0.5, 0.6) is 11.5 Å². The Morgan fingerprint density at radius 3 is 2.69 bits per heavy atom. The number of nitrogens with one attached hydrogen (secondary N) is 1. The molecule has 2 aromatic carbocycles. The number of anilines is 2. The predicted octanol–water partition coefficient (Wildman–Crippen LogP) is 4.49. The fourth-order valence-corrected chi connectivity index (χ4v) is 3.29. The number of nitrogens with two attached hydrogens (primary N) is 1. The fraction of sp³-hybridized carbons (Fsp3) is 0.211. The molecule has 0 amide bonds. The maximum absolute atomic E-state index is 11.9. The Hall–Kier alpha value is -2.80. The van der Waals surface area contributed by atoms with Crippen molar-refractivity contribution >= 4 is 33.3 Å². The van der Waals surface area contributed by atoms with Gasteiger partial charge in [0.15, 0.2) is 0 Å². The number of nitrogen functional groups attached to an aromatic ring is 1. The minimum atomic E-state index is -3.35. The highest BCUT2D eigenvalue weighted by atomic mass is 32.2. The monoisotopic (exact) mass is 373 g/mol. The average molecular weight is 373 g/mol. The first-order valence-corrected chi connectivity index (χ1v) is 9.92. The van der Waals surface area contributed by atoms with Gasteiger partial charge in [0.05, 0.1) is 22.8 Å². The van der Waals surface area contributed by atoms with Crippen molar-refractivity contribution in [2.75, 3.05) is 16.2 Å². The van der Waals surface area contributed by atoms with Gasteiger partial charge < -0.3 is 10.5 Å². The smallest absolute Gasteiger partial charge is 0.232 e. The van der Waals surface area contributed by atoms with Crippen molar-refractivity contribution in [3.8, 4) is 11.5 Å². The maximum Gasteiger partial charge on any atom is 0.232 e. The lowest BCUT2D eigenvalue weighted by Gasteiger charge is -2.11. The normalized spacial score (nSPS) is 11.9. The van der Waals surface area contributed by atoms with Crippen LogP contribution in [0.4, 0.5) is 17.1 Å². The van der Waals surface area contributed by atoms with Gasteiger partial charge in [0.2, 0.25) is 10.0 Å². The van der Waals surface area contributed by atoms with Crippen LogP contribution in [-0.2, 0) is 10.0 Å². The first kappa shape index (κ1) is 19.5. The molecule has 0 spiro atoms. The number of nitrogens with zero attached hydrogens (tertiary/aromatic N) is 1. The first-order valence-electron chi connectivity index (χ1n) is 8.27. The lowest BCUT2D eigenvalue weighted by molar-refractivity contribution is 0.483. The second kappa shape index (κ2) is 9.05. The van der Waals surface area contributed by atoms with E-state index in [-0.39, 0.29) is 5.75 Å². The SMILES string of the molecule is CC=CC=Nc1cc(Oc2cccc(NS(=O)(=O)CCC)c2)ccc1N. The summed E-state index contributed by atoms with van der Waals surface area (Å²) in [6.45, 7) is 3.72. The molecule has 2 rings (SSSR count). The van der Waals surface area contributed by atoms with E-state index in [4.69, 9.17) is 10.5 Å². The van der Waals surface area contributed by atoms with Crippen LogP contribution in [0.25, 0.3) is 0 Å². The molecule has 2 aromatic rings. The van der Waals surface area contributed by atoms with Crippen LogP contribution in [0.3, 0.4) is 0 Å². The average Bonchev–Trinajstić information content (AvgIpc) is 2.57. The van der Waals surface area contributed by atoms with Gasteiger partial charge in [-0.25, -0.2) is 8.42 Å². The summed E-state index contributed by atoms with van der Waals surface area (Å²) in [5.41, 5.74) is 7.51. The van der Waals surface area contributed by atoms with E-state index >= 15 is 0 Å². The van der Waals surface area contributed by atoms with E-state index in [9.17, 15) is 8.42 Å². The van der Waals surface area contributed by atoms with Gasteiger partial charge in [-0.05, 0) is 43.7 Å². The Labute approximate surface area is 154 Å². The lowest BCUT2D eigenvalue weighted by Crippen LogP contribution is -2.15. The zero-order valence-electron chi connectivity index (χ0n) is 14.8. The van der Waals surface area contributed by atoms with Crippen molar-refractivity contribution in [2.24, 2.45) is 4.99 Å². The molecular weight excluding hydrogens is 350 g/mol. The molecule has 0 atom stereocenters. The second-order valence-corrected chi connectivity index (χ2v) is 7.42. The van der Waals surface area contributed by atoms with Gasteiger partial charge in [-0.1, -0.05) is 19.1 Å². The van der Waals surface area contributed by atoms with Crippen LogP contribution < -0.4 is 15.2 Å². The minimum absolute atomic E-state index is 0.0730. The summed E-state index contributed by atoms with van der Waals surface area (Å²) < 4.78 is 32.1. The summed E-state index contributed by atoms with van der Waals surface area (Å²) in [5, 5.41) is 0. The number of hydrogen-bond acceptors (Lipinski definition) is 5. The topological polar surface area (TPSA) is 93.8 Å². The van der Waals surface area contributed by atoms with Gasteiger partial charge in [-0.15, -0.1) is 0 Å². The van der Waals surface area contributed by atoms with Gasteiger partial charge in [0.25, 0.3) is 0 Å². The van der Waals surface area contributed by atoms with E-state index in [2.05, 4.69) is 9.71 Å². The van der Waals surface area contributed by atoms with Crippen molar-refractivity contribution in [3.63, 3.8) is 0 Å². The molecule has 0 aliphatic heterocycles. The number of rotatable bonds is 8. The second-order valence-electron chi connectivity index (χ2n) is 5.58. The molecule has 0 radical (unpaired) electrons. The minimum Gasteiger partial charge on any atom is -0.457 e. The van der Waals surface area contributed by atoms with Gasteiger partial charge in [0, 0.05) is 18.3 Å². The molecule has 0 bridgehead atoms. The van der Waals surface area contributed by atoms with Crippen LogP contribution in [0.15, 0.2) is 59.6 Å². The zero-order valence-corrected chi connectivity index (χ0v) is 15.7. The summed E-state index contributed by atoms with van der Waals surface area (Å²) in [7, 11) is -3.35. The molecule has 7 heteroatoms. The van der Waals surface area contributed by atoms with Crippen LogP contribution in [0.1, 0.15) is 20.3 Å². The van der Waals surface area contributed by atoms with E-state index in [0.717, 1.165) is 0 Å². The molecule has 0 unspecified atom stereocenters. The summed E-state index contributed by atoms with van der Waals surface area (Å²) >= 11 is 0. The van der Waals surface area contributed by atoms with Gasteiger partial charge in [0.1, 0.15) is 11.5 Å². The lowest BCUT2D eigenvalue weighted by atomic mass is 10.2. The summed E-state index contributed by atoms with van der Waals surface area (Å²) in [5.74, 6) is 1.14. The van der Waals surface area contributed by atoms with Crippen molar-refractivity contribution in [2.45, 2.75) is 20.3 Å². The first-order chi connectivity index (χ1) is 12.4. The fourth-order valence-electron chi connectivity index (χ4n) is 2.17. The zero-order chi connectivity index (χ0) is 19.0. The molecular formula is C19H23N3O3S. The molecule has 138 valence electrons. The number of ether oxygens (including phenoxy) is 1. The third kappa shape index (κ3) is 5.93. The van der Waals surface area contributed by atoms with E-state index in [1.807, 2.05) is 19.9 Å². The Balaban J connectivity index is 2.18. The van der Waals surface area contributed by atoms with Gasteiger partial charge in [-0.3, -0.25) is 9.71 Å². The van der Waals surface area contributed by atoms with E-state index in [0.29, 0.717) is 35.0 Å². The summed E-state index contributed by atoms with van der Waals surface area (Å²) in [6, 6.07) is 12.0. The molecule has 0 aliphatic rings. The van der Waals surface area contributed by atoms with E-state index < -0.39 is 10.0 Å². The molecule has 0 saturated carbocycles. The van der Waals surface area contributed by atoms with Crippen LogP contribution in [0.2, 0.25) is 0 Å². The highest BCUT2D eigenvalue weighted by Crippen LogP contribution is 2.31. The third-order valence-corrected chi connectivity index (χ3v) is 4.80. The van der Waals surface area contributed by atoms with Crippen LogP contribution in [0, 0.1) is 0 Å². The number of sulfonamides is 1. The van der Waals surface area contributed by atoms with Gasteiger partial charge >= 0.3 is 0 Å². The molecule has 0 fully saturated rings. The summed E-state index contributed by atoms with van der Waals surface area (Å²) in [6.07, 6.45) is 5.87. The van der Waals surface area contributed by atoms with Crippen molar-refractivity contribution in [1.82, 2.24) is 0 Å². The number of hydrogen-bond donors (Lipinski definition) is 2. The standard InChI is InChI=1S/C19H23N3O3S/c1-3-5-11-21-19-14-17(9-10-18(19)20)25-16-8-6-7-15(13-16)22-26(23,24)12-4-2/h3,5-11,13-14,22H,4,12,20H2,1-2H3. The Morgan fingerprint density at radius 1 is 1.19 bits per heavy atom. The summed E-state index contributed by atoms with van der Waals surface area (Å²) in [4.78, 5) is 4.28. The highest BCUT2D eigenvalue weighted by Gasteiger charge is 2.09. The molecule has 0 aromatic heterocycles. The number of benzene rings is 2. The largest absolute Gasteiger partial charge is 0.457 e. The van der Waals surface area contributed by atoms with Crippen molar-refractivity contribution in [1.29, 1.82) is 0 Å². The molecule has 3 N–H and O–H groups in total. The molecule has 0 saturated heterocycles. The predicted molar refractivity (Wildman–Crippen MR) is 108 cm³/mol. The van der Waals surface area contributed by atoms with Gasteiger partial charge in [-0.2, -0.15) is 0 Å². The molecule has 6 nitrogen and oxygen atoms in total. The van der Waals surface area contributed by atoms with Crippen molar-refractivity contribution < 1.29 is 13.2 Å². The third-order valence-electron chi connectivity index (χ3n) is 3.31. The van der Waals surface area contributed by atoms with Crippen molar-refractivity contribution in [3.05, 3.63) is 54.6 Å². The number of allylic oxidation sites excluding steroid dienone is 2. The molecule has 0 heterocycles. The highest BCUT2D eigenvalue weighted by molar-refractivity contribution is 7.92. The Bertz CT molecular complexity index is 906. The van der Waals surface area contributed by atoms with Crippen LogP contribution >= 0.6 is 0 Å².